The van der Waals surface area contributed by atoms with E-state index in [1.54, 1.807) is 6.26 Å². The van der Waals surface area contributed by atoms with Crippen LogP contribution in [0.4, 0.5) is 0 Å². The smallest absolute Gasteiger partial charge is 0.306 e. The lowest BCUT2D eigenvalue weighted by atomic mass is 10.1. The Kier molecular flexibility index (Phi) is 32.2. The van der Waals surface area contributed by atoms with Crippen LogP contribution in [0.2, 0.25) is 0 Å². The third-order valence-corrected chi connectivity index (χ3v) is 44.9. The van der Waals surface area contributed by atoms with Crippen molar-refractivity contribution in [2.45, 2.75) is 187 Å². The van der Waals surface area contributed by atoms with E-state index >= 15 is 0 Å². The molecule has 0 amide bonds. The first kappa shape index (κ1) is 55.5. The van der Waals surface area contributed by atoms with Crippen LogP contribution >= 0.6 is 50.3 Å². The van der Waals surface area contributed by atoms with Crippen LogP contribution in [-0.4, -0.2) is 119 Å². The maximum absolute atomic E-state index is 13.5. The molecule has 0 fully saturated rings. The highest BCUT2D eigenvalue weighted by Gasteiger charge is 2.37. The van der Waals surface area contributed by atoms with E-state index in [0.717, 1.165) is 44.9 Å². The highest BCUT2D eigenvalue weighted by molar-refractivity contribution is 9.10. The minimum Gasteiger partial charge on any atom is -0.462 e. The highest BCUT2D eigenvalue weighted by Crippen LogP contribution is 2.92. The summed E-state index contributed by atoms with van der Waals surface area (Å²) in [5.41, 5.74) is 0.339. The zero-order valence-corrected chi connectivity index (χ0v) is 45.9. The van der Waals surface area contributed by atoms with Crippen molar-refractivity contribution in [1.29, 1.82) is 3.37 Å². The number of ketones is 1. The fourth-order valence-corrected chi connectivity index (χ4v) is 41.0. The van der Waals surface area contributed by atoms with E-state index in [2.05, 4.69) is 13.8 Å². The molecule has 0 saturated heterocycles. The van der Waals surface area contributed by atoms with Crippen LogP contribution < -0.4 is 0 Å². The fraction of sp³-hybridized carbons (Fsp3) is 0.913. The molecule has 1 N–H and O–H groups in total. The summed E-state index contributed by atoms with van der Waals surface area (Å²) < 4.78 is 57.1. The van der Waals surface area contributed by atoms with Gasteiger partial charge in [-0.05, 0) is 63.8 Å². The minimum absolute atomic E-state index is 0.0727. The number of Topliss-reactive ketones (excluding diaryl/α,β-unsaturated/α-hetero) is 1. The molecule has 0 aliphatic rings. The van der Waals surface area contributed by atoms with Crippen molar-refractivity contribution < 1.29 is 42.8 Å². The molecule has 0 aromatic heterocycles. The molecular weight excluding hydrogens is 886 g/mol. The van der Waals surface area contributed by atoms with Gasteiger partial charge in [-0.15, -0.1) is 0 Å². The average molecular weight is 989 g/mol. The minimum atomic E-state index is -3.93. The van der Waals surface area contributed by atoms with E-state index in [0.29, 0.717) is 11.9 Å². The maximum atomic E-state index is 13.5. The van der Waals surface area contributed by atoms with E-state index in [4.69, 9.17) is 15.3 Å². The quantitative estimate of drug-likeness (QED) is 0.0155. The Morgan fingerprint density at radius 1 is 0.639 bits per heavy atom. The van der Waals surface area contributed by atoms with Gasteiger partial charge in [0.1, 0.15) is 19.0 Å². The largest absolute Gasteiger partial charge is 0.462 e. The van der Waals surface area contributed by atoms with Crippen molar-refractivity contribution in [3.05, 3.63) is 0 Å². The summed E-state index contributed by atoms with van der Waals surface area (Å²) in [5.74, 6) is -1.82. The van der Waals surface area contributed by atoms with Gasteiger partial charge >= 0.3 is 17.9 Å². The number of esters is 3. The van der Waals surface area contributed by atoms with Gasteiger partial charge in [-0.2, -0.15) is 0 Å². The van der Waals surface area contributed by atoms with Crippen LogP contribution in [0, 0.1) is 0 Å². The first-order chi connectivity index (χ1) is 29.6. The van der Waals surface area contributed by atoms with E-state index in [1.165, 1.54) is 96.6 Å². The number of carbonyl (C=O) groups excluding carboxylic acids is 4. The molecule has 0 radical (unpaired) electrons. The van der Waals surface area contributed by atoms with Crippen LogP contribution in [0.1, 0.15) is 181 Å². The second-order valence-electron chi connectivity index (χ2n) is 18.6. The van der Waals surface area contributed by atoms with E-state index in [-0.39, 0.29) is 61.9 Å². The zero-order chi connectivity index (χ0) is 49.0. The molecular formula is C46H97O9P3S3. The Balaban J connectivity index is 5.25. The van der Waals surface area contributed by atoms with Gasteiger partial charge in [0.05, 0.1) is 15.3 Å². The Bertz CT molecular complexity index is 1410. The molecule has 0 aliphatic carbocycles. The summed E-state index contributed by atoms with van der Waals surface area (Å²) >= 11 is 0. The Hall–Kier alpha value is 0.180. The summed E-state index contributed by atoms with van der Waals surface area (Å²) in [6, 6.07) is 0. The van der Waals surface area contributed by atoms with Crippen LogP contribution in [0.15, 0.2) is 0 Å². The number of thiol groups is 3. The zero-order valence-electron chi connectivity index (χ0n) is 43.8. The SMILES string of the molecule is [3H]S(C)(CP(C)(=O)O)P(C)CS([3H])(C)P(C)S([3H])(C)(C)(C)CC(=O)CCC(=O)OC[C@H](COC(=O)CCCCCCCCCCCCC)OC(=O)CCCCCCCCCCCCC. The predicted molar refractivity (Wildman–Crippen MR) is 281 cm³/mol. The second-order valence-corrected chi connectivity index (χ2v) is 46.8. The number of rotatable bonds is 41. The summed E-state index contributed by atoms with van der Waals surface area (Å²) in [5, 5.41) is 0. The van der Waals surface area contributed by atoms with Gasteiger partial charge in [-0.1, -0.05) is 149 Å². The molecule has 368 valence electrons. The second kappa shape index (κ2) is 35.4. The summed E-state index contributed by atoms with van der Waals surface area (Å²) in [6.07, 6.45) is 32.4. The summed E-state index contributed by atoms with van der Waals surface area (Å²) in [7, 11) is -12.8. The van der Waals surface area contributed by atoms with Crippen molar-refractivity contribution in [2.75, 3.05) is 81.2 Å². The maximum Gasteiger partial charge on any atom is 0.306 e. The lowest BCUT2D eigenvalue weighted by molar-refractivity contribution is -0.167. The van der Waals surface area contributed by atoms with Crippen LogP contribution in [0.25, 0.3) is 0 Å². The van der Waals surface area contributed by atoms with Gasteiger partial charge in [0.25, 0.3) is 0 Å². The Labute approximate surface area is 386 Å². The topological polar surface area (TPSA) is 133 Å². The first-order valence-electron chi connectivity index (χ1n) is 24.8. The van der Waals surface area contributed by atoms with Gasteiger partial charge in [0.15, 0.2) is 6.10 Å². The highest BCUT2D eigenvalue weighted by atomic mass is 33.2. The molecule has 0 heterocycles. The number of hydrogen-bond donors (Lipinski definition) is 4. The molecule has 6 atom stereocenters. The Morgan fingerprint density at radius 2 is 1.02 bits per heavy atom. The van der Waals surface area contributed by atoms with Crippen molar-refractivity contribution in [2.24, 2.45) is 0 Å². The third-order valence-electron chi connectivity index (χ3n) is 11.1. The Morgan fingerprint density at radius 3 is 1.43 bits per heavy atom. The van der Waals surface area contributed by atoms with E-state index in [9.17, 15) is 30.9 Å². The normalized spacial score (nSPS) is 19.4. The molecule has 9 nitrogen and oxygen atoms in total. The van der Waals surface area contributed by atoms with Crippen LogP contribution in [0.5, 0.6) is 0 Å². The number of unbranched alkanes of at least 4 members (excludes halogenated alkanes) is 20. The fourth-order valence-electron chi connectivity index (χ4n) is 7.06. The molecule has 15 heteroatoms. The third kappa shape index (κ3) is 35.1. The van der Waals surface area contributed by atoms with Crippen molar-refractivity contribution in [3.8, 4) is 0 Å². The number of hydrogen-bond acceptors (Lipinski definition) is 8. The van der Waals surface area contributed by atoms with Crippen molar-refractivity contribution >= 4 is 74.0 Å². The number of ether oxygens (including phenoxy) is 3. The van der Waals surface area contributed by atoms with Gasteiger partial charge in [-0.25, -0.2) is 20.8 Å². The molecule has 0 saturated carbocycles. The van der Waals surface area contributed by atoms with Gasteiger partial charge in [0.2, 0.25) is 7.37 Å². The van der Waals surface area contributed by atoms with E-state index < -0.39 is 68.4 Å². The predicted octanol–water partition coefficient (Wildman–Crippen LogP) is 13.7. The summed E-state index contributed by atoms with van der Waals surface area (Å²) in [4.78, 5) is 62.1. The molecule has 61 heavy (non-hydrogen) atoms. The lowest BCUT2D eigenvalue weighted by Gasteiger charge is -2.59. The molecule has 5 unspecified atom stereocenters. The summed E-state index contributed by atoms with van der Waals surface area (Å²) in [6.45, 7) is 9.04. The van der Waals surface area contributed by atoms with Crippen molar-refractivity contribution in [3.63, 3.8) is 0 Å². The van der Waals surface area contributed by atoms with Crippen molar-refractivity contribution in [1.82, 2.24) is 0 Å². The van der Waals surface area contributed by atoms with Gasteiger partial charge in [-0.3, -0.25) is 32.4 Å². The van der Waals surface area contributed by atoms with Crippen LogP contribution in [-0.2, 0) is 38.0 Å². The standard InChI is InChI=1S/C46H97O9P3S3/c1-11-13-15-17-19-21-23-25-27-29-31-33-44(48)53-37-43(55-46(50)34-32-30-28-26-24-22-20-18-16-14-12-2)38-54-45(49)36-35-42(47)39-61(8,9,10)57(4)59(6)40-56(3)60(7)41-58(5,51)52/h43,59-61H,11-41H2,1-10H3,(H,51,52)/t43-,56?,57?/m0/s1/i59T,60T,61T. The molecule has 0 aliphatic heterocycles. The molecule has 0 aromatic carbocycles. The molecule has 0 aromatic rings. The number of carbonyl (C=O) groups is 4. The monoisotopic (exact) mass is 989 g/mol. The molecule has 0 spiro atoms. The molecule has 0 rings (SSSR count). The lowest BCUT2D eigenvalue weighted by Crippen LogP contribution is -2.31. The van der Waals surface area contributed by atoms with Crippen LogP contribution in [0.3, 0.4) is 0 Å². The average Bonchev–Trinajstić information content (AvgIpc) is 3.17. The first-order valence-corrected chi connectivity index (χ1v) is 38.5. The van der Waals surface area contributed by atoms with E-state index in [1.807, 2.05) is 38.4 Å². The van der Waals surface area contributed by atoms with Gasteiger partial charge in [0, 0.05) is 37.2 Å². The molecule has 0 bridgehead atoms. The van der Waals surface area contributed by atoms with Gasteiger partial charge < -0.3 is 19.1 Å².